The van der Waals surface area contributed by atoms with Gasteiger partial charge in [-0.15, -0.1) is 4.83 Å². The average molecular weight is 451 g/mol. The summed E-state index contributed by atoms with van der Waals surface area (Å²) in [7, 11) is -4.01. The molecule has 1 amide bonds. The summed E-state index contributed by atoms with van der Waals surface area (Å²) in [5.41, 5.74) is 4.92. The van der Waals surface area contributed by atoms with Gasteiger partial charge < -0.3 is 4.74 Å². The number of ether oxygens (including phenoxy) is 1. The number of fused-ring (bicyclic) bond motifs is 1. The normalized spacial score (nSPS) is 19.5. The minimum Gasteiger partial charge on any atom is -0.379 e. The van der Waals surface area contributed by atoms with E-state index in [9.17, 15) is 13.2 Å². The van der Waals surface area contributed by atoms with Crippen molar-refractivity contribution in [1.82, 2.24) is 15.3 Å². The van der Waals surface area contributed by atoms with Gasteiger partial charge in [-0.05, 0) is 43.2 Å². The minimum atomic E-state index is -4.01. The van der Waals surface area contributed by atoms with Gasteiger partial charge >= 0.3 is 0 Å². The molecule has 10 heteroatoms. The number of rotatable bonds is 5. The molecule has 160 valence electrons. The van der Waals surface area contributed by atoms with Gasteiger partial charge in [-0.2, -0.15) is 0 Å². The van der Waals surface area contributed by atoms with Crippen molar-refractivity contribution in [1.29, 1.82) is 0 Å². The summed E-state index contributed by atoms with van der Waals surface area (Å²) in [6.45, 7) is 3.70. The Labute approximate surface area is 180 Å². The molecular weight excluding hydrogens is 428 g/mol. The maximum absolute atomic E-state index is 13.1. The topological polar surface area (TPSA) is 91.0 Å². The summed E-state index contributed by atoms with van der Waals surface area (Å²) < 4.78 is 31.3. The van der Waals surface area contributed by atoms with Crippen LogP contribution in [0.1, 0.15) is 22.8 Å². The number of morpholine rings is 1. The third-order valence-corrected chi connectivity index (χ3v) is 6.82. The average Bonchev–Trinajstić information content (AvgIpc) is 3.03. The van der Waals surface area contributed by atoms with Gasteiger partial charge in [-0.1, -0.05) is 29.8 Å². The number of halogens is 1. The molecule has 1 atom stereocenters. The number of nitrogens with one attached hydrogen (secondary N) is 2. The fraction of sp³-hybridized carbons (Fsp3) is 0.350. The van der Waals surface area contributed by atoms with Crippen LogP contribution in [-0.4, -0.2) is 51.7 Å². The van der Waals surface area contributed by atoms with Crippen molar-refractivity contribution in [3.63, 3.8) is 0 Å². The first-order valence-electron chi connectivity index (χ1n) is 9.68. The third kappa shape index (κ3) is 4.30. The molecule has 1 saturated heterocycles. The van der Waals surface area contributed by atoms with Crippen LogP contribution in [0.4, 0.5) is 5.69 Å². The number of hydrogen-bond acceptors (Lipinski definition) is 6. The summed E-state index contributed by atoms with van der Waals surface area (Å²) in [5, 5.41) is 3.56. The quantitative estimate of drug-likeness (QED) is 0.723. The van der Waals surface area contributed by atoms with Gasteiger partial charge in [0.05, 0.1) is 35.4 Å². The van der Waals surface area contributed by atoms with Crippen LogP contribution in [0.2, 0.25) is 5.02 Å². The highest BCUT2D eigenvalue weighted by molar-refractivity contribution is 7.89. The number of anilines is 1. The van der Waals surface area contributed by atoms with Crippen molar-refractivity contribution >= 4 is 33.2 Å². The van der Waals surface area contributed by atoms with E-state index in [1.165, 1.54) is 18.2 Å². The van der Waals surface area contributed by atoms with Crippen LogP contribution < -0.4 is 15.3 Å². The van der Waals surface area contributed by atoms with E-state index in [-0.39, 0.29) is 21.5 Å². The molecule has 2 N–H and O–H groups in total. The van der Waals surface area contributed by atoms with E-state index in [0.717, 1.165) is 17.7 Å². The zero-order chi connectivity index (χ0) is 21.3. The van der Waals surface area contributed by atoms with Crippen molar-refractivity contribution in [2.75, 3.05) is 31.3 Å². The lowest BCUT2D eigenvalue weighted by Gasteiger charge is -2.28. The number of amides is 1. The number of para-hydroxylation sites is 1. The lowest BCUT2D eigenvalue weighted by Crippen LogP contribution is -2.49. The summed E-state index contributed by atoms with van der Waals surface area (Å²) in [5.74, 6) is -0.516. The molecule has 0 aliphatic carbocycles. The number of sulfonamides is 1. The molecular formula is C20H23ClN4O4S. The summed E-state index contributed by atoms with van der Waals surface area (Å²) >= 11 is 6.06. The first-order valence-corrected chi connectivity index (χ1v) is 11.5. The Morgan fingerprint density at radius 3 is 2.67 bits per heavy atom. The molecule has 0 bridgehead atoms. The maximum Gasteiger partial charge on any atom is 0.271 e. The fourth-order valence-corrected chi connectivity index (χ4v) is 5.28. The Hall–Kier alpha value is -2.17. The molecule has 0 radical (unpaired) electrons. The van der Waals surface area contributed by atoms with Crippen LogP contribution in [0.3, 0.4) is 0 Å². The van der Waals surface area contributed by atoms with Gasteiger partial charge in [0.15, 0.2) is 0 Å². The Kier molecular flexibility index (Phi) is 5.99. The largest absolute Gasteiger partial charge is 0.379 e. The zero-order valence-corrected chi connectivity index (χ0v) is 18.0. The number of nitrogens with zero attached hydrogens (tertiary/aromatic N) is 2. The zero-order valence-electron chi connectivity index (χ0n) is 16.5. The standard InChI is InChI=1S/C20H23ClN4O4S/c1-14-12-15-4-2-3-5-18(15)25(14)22-20(26)17-7-6-16(21)13-19(17)30(27,28)23-24-8-10-29-11-9-24/h2-7,13-14,23H,8-12H2,1H3,(H,22,26). The molecule has 0 aromatic heterocycles. The summed E-state index contributed by atoms with van der Waals surface area (Å²) in [4.78, 5) is 15.5. The van der Waals surface area contributed by atoms with Gasteiger partial charge in [0.2, 0.25) is 0 Å². The maximum atomic E-state index is 13.1. The van der Waals surface area contributed by atoms with Crippen molar-refractivity contribution in [2.24, 2.45) is 0 Å². The smallest absolute Gasteiger partial charge is 0.271 e. The van der Waals surface area contributed by atoms with Crippen LogP contribution in [0.25, 0.3) is 0 Å². The van der Waals surface area contributed by atoms with Crippen molar-refractivity contribution < 1.29 is 17.9 Å². The molecule has 2 aromatic rings. The van der Waals surface area contributed by atoms with Crippen molar-refractivity contribution in [3.05, 3.63) is 58.6 Å². The van der Waals surface area contributed by atoms with Crippen LogP contribution in [-0.2, 0) is 21.2 Å². The van der Waals surface area contributed by atoms with E-state index >= 15 is 0 Å². The van der Waals surface area contributed by atoms with Gasteiger partial charge in [-0.25, -0.2) is 13.4 Å². The molecule has 0 saturated carbocycles. The van der Waals surface area contributed by atoms with Crippen LogP contribution in [0.5, 0.6) is 0 Å². The Balaban J connectivity index is 1.61. The van der Waals surface area contributed by atoms with E-state index in [1.807, 2.05) is 31.2 Å². The molecule has 2 aliphatic rings. The van der Waals surface area contributed by atoms with Gasteiger partial charge in [0.1, 0.15) is 0 Å². The molecule has 4 rings (SSSR count). The Morgan fingerprint density at radius 1 is 1.17 bits per heavy atom. The summed E-state index contributed by atoms with van der Waals surface area (Å²) in [6, 6.07) is 12.1. The highest BCUT2D eigenvalue weighted by Crippen LogP contribution is 2.30. The minimum absolute atomic E-state index is 0.0248. The predicted octanol–water partition coefficient (Wildman–Crippen LogP) is 1.96. The number of benzene rings is 2. The van der Waals surface area contributed by atoms with Crippen LogP contribution in [0, 0.1) is 0 Å². The van der Waals surface area contributed by atoms with Crippen molar-refractivity contribution in [2.45, 2.75) is 24.3 Å². The predicted molar refractivity (Wildman–Crippen MR) is 114 cm³/mol. The lowest BCUT2D eigenvalue weighted by molar-refractivity contribution is 0.0272. The van der Waals surface area contributed by atoms with E-state index in [0.29, 0.717) is 26.3 Å². The molecule has 2 aliphatic heterocycles. The fourth-order valence-electron chi connectivity index (χ4n) is 3.69. The van der Waals surface area contributed by atoms with Gasteiger partial charge in [-0.3, -0.25) is 15.2 Å². The first kappa shape index (κ1) is 21.1. The molecule has 1 fully saturated rings. The van der Waals surface area contributed by atoms with Crippen LogP contribution >= 0.6 is 11.6 Å². The third-order valence-electron chi connectivity index (χ3n) is 5.17. The highest BCUT2D eigenvalue weighted by atomic mass is 35.5. The highest BCUT2D eigenvalue weighted by Gasteiger charge is 2.30. The summed E-state index contributed by atoms with van der Waals surface area (Å²) in [6.07, 6.45) is 0.792. The van der Waals surface area contributed by atoms with E-state index in [4.69, 9.17) is 16.3 Å². The second kappa shape index (κ2) is 8.52. The second-order valence-corrected chi connectivity index (χ2v) is 9.39. The number of hydrogen-bond donors (Lipinski definition) is 2. The second-order valence-electron chi connectivity index (χ2n) is 7.33. The first-order chi connectivity index (χ1) is 14.3. The SMILES string of the molecule is CC1Cc2ccccc2N1NC(=O)c1ccc(Cl)cc1S(=O)(=O)NN1CCOCC1. The molecule has 2 aromatic carbocycles. The van der Waals surface area contributed by atoms with E-state index < -0.39 is 15.9 Å². The van der Waals surface area contributed by atoms with Gasteiger partial charge in [0.25, 0.3) is 15.9 Å². The van der Waals surface area contributed by atoms with E-state index in [1.54, 1.807) is 10.0 Å². The lowest BCUT2D eigenvalue weighted by atomic mass is 10.1. The molecule has 2 heterocycles. The number of hydrazine groups is 2. The molecule has 8 nitrogen and oxygen atoms in total. The van der Waals surface area contributed by atoms with Crippen LogP contribution in [0.15, 0.2) is 47.4 Å². The Morgan fingerprint density at radius 2 is 1.90 bits per heavy atom. The van der Waals surface area contributed by atoms with Crippen molar-refractivity contribution in [3.8, 4) is 0 Å². The monoisotopic (exact) mass is 450 g/mol. The van der Waals surface area contributed by atoms with E-state index in [2.05, 4.69) is 10.3 Å². The molecule has 30 heavy (non-hydrogen) atoms. The number of carbonyl (C=O) groups is 1. The number of carbonyl (C=O) groups excluding carboxylic acids is 1. The van der Waals surface area contributed by atoms with Gasteiger partial charge in [0, 0.05) is 18.1 Å². The molecule has 0 spiro atoms. The Bertz CT molecular complexity index is 1060. The molecule has 1 unspecified atom stereocenters.